The molecule has 0 atom stereocenters. The monoisotopic (exact) mass is 366 g/mol. The van der Waals surface area contributed by atoms with E-state index < -0.39 is 0 Å². The first-order valence-corrected chi connectivity index (χ1v) is 9.56. The van der Waals surface area contributed by atoms with Crippen molar-refractivity contribution in [3.8, 4) is 0 Å². The lowest BCUT2D eigenvalue weighted by atomic mass is 10.0. The van der Waals surface area contributed by atoms with Gasteiger partial charge < -0.3 is 20.4 Å². The zero-order valence-corrected chi connectivity index (χ0v) is 16.5. The summed E-state index contributed by atoms with van der Waals surface area (Å²) in [5.74, 6) is 1.80. The van der Waals surface area contributed by atoms with Gasteiger partial charge in [0.1, 0.15) is 5.82 Å². The van der Waals surface area contributed by atoms with Crippen LogP contribution in [-0.2, 0) is 6.54 Å². The Kier molecular flexibility index (Phi) is 6.52. The molecule has 1 saturated heterocycles. The highest BCUT2D eigenvalue weighted by molar-refractivity contribution is 5.80. The van der Waals surface area contributed by atoms with Crippen molar-refractivity contribution in [2.24, 2.45) is 4.99 Å². The number of hydrogen-bond donors (Lipinski definition) is 2. The molecule has 0 unspecified atom stereocenters. The standard InChI is InChI=1S/C21H30N6/c1-22-21(23-16-18-8-7-11-20(24-18)26(2)3)25-17-12-14-27(15-13-17)19-9-5-4-6-10-19/h4-11,17H,12-16H2,1-3H3,(H2,22,23,25). The molecule has 27 heavy (non-hydrogen) atoms. The lowest BCUT2D eigenvalue weighted by Crippen LogP contribution is -2.48. The van der Waals surface area contributed by atoms with E-state index >= 15 is 0 Å². The number of nitrogens with zero attached hydrogens (tertiary/aromatic N) is 4. The van der Waals surface area contributed by atoms with Gasteiger partial charge in [0.2, 0.25) is 0 Å². The molecule has 6 heteroatoms. The maximum Gasteiger partial charge on any atom is 0.191 e. The van der Waals surface area contributed by atoms with E-state index in [1.54, 1.807) is 0 Å². The first kappa shape index (κ1) is 19.0. The molecule has 144 valence electrons. The van der Waals surface area contributed by atoms with E-state index in [0.29, 0.717) is 12.6 Å². The van der Waals surface area contributed by atoms with Crippen LogP contribution < -0.4 is 20.4 Å². The Balaban J connectivity index is 1.48. The second-order valence-corrected chi connectivity index (χ2v) is 7.05. The molecular formula is C21H30N6. The second kappa shape index (κ2) is 9.26. The third-order valence-corrected chi connectivity index (χ3v) is 4.87. The van der Waals surface area contributed by atoms with Gasteiger partial charge in [0.05, 0.1) is 12.2 Å². The number of aliphatic imine (C=N–C) groups is 1. The van der Waals surface area contributed by atoms with E-state index in [-0.39, 0.29) is 0 Å². The Labute approximate surface area is 162 Å². The van der Waals surface area contributed by atoms with Crippen LogP contribution in [0.15, 0.2) is 53.5 Å². The number of anilines is 2. The van der Waals surface area contributed by atoms with E-state index in [9.17, 15) is 0 Å². The van der Waals surface area contributed by atoms with Gasteiger partial charge in [-0.25, -0.2) is 4.98 Å². The third kappa shape index (κ3) is 5.36. The molecule has 0 aliphatic carbocycles. The Morgan fingerprint density at radius 1 is 1.11 bits per heavy atom. The fourth-order valence-electron chi connectivity index (χ4n) is 3.30. The predicted octanol–water partition coefficient (Wildman–Crippen LogP) is 2.48. The molecule has 6 nitrogen and oxygen atoms in total. The van der Waals surface area contributed by atoms with Crippen molar-refractivity contribution < 1.29 is 0 Å². The molecule has 1 aromatic heterocycles. The van der Waals surface area contributed by atoms with E-state index in [4.69, 9.17) is 0 Å². The van der Waals surface area contributed by atoms with E-state index in [2.05, 4.69) is 55.8 Å². The summed E-state index contributed by atoms with van der Waals surface area (Å²) in [7, 11) is 5.82. The van der Waals surface area contributed by atoms with Crippen molar-refractivity contribution in [2.75, 3.05) is 44.0 Å². The highest BCUT2D eigenvalue weighted by Gasteiger charge is 2.20. The first-order chi connectivity index (χ1) is 13.2. The van der Waals surface area contributed by atoms with Crippen LogP contribution in [-0.4, -0.2) is 51.2 Å². The summed E-state index contributed by atoms with van der Waals surface area (Å²) in [6.07, 6.45) is 2.20. The second-order valence-electron chi connectivity index (χ2n) is 7.05. The molecule has 0 saturated carbocycles. The van der Waals surface area contributed by atoms with E-state index in [1.165, 1.54) is 5.69 Å². The largest absolute Gasteiger partial charge is 0.371 e. The molecule has 0 radical (unpaired) electrons. The summed E-state index contributed by atoms with van der Waals surface area (Å²) in [5, 5.41) is 6.95. The summed E-state index contributed by atoms with van der Waals surface area (Å²) in [5.41, 5.74) is 2.31. The maximum atomic E-state index is 4.64. The average Bonchev–Trinajstić information content (AvgIpc) is 2.72. The molecule has 2 N–H and O–H groups in total. The molecule has 0 amide bonds. The van der Waals surface area contributed by atoms with E-state index in [0.717, 1.165) is 43.4 Å². The number of pyridine rings is 1. The molecule has 1 aromatic carbocycles. The summed E-state index contributed by atoms with van der Waals surface area (Å²) >= 11 is 0. The molecule has 0 bridgehead atoms. The Hall–Kier alpha value is -2.76. The highest BCUT2D eigenvalue weighted by Crippen LogP contribution is 2.19. The third-order valence-electron chi connectivity index (χ3n) is 4.87. The van der Waals surface area contributed by atoms with Gasteiger partial charge in [-0.3, -0.25) is 4.99 Å². The normalized spacial score (nSPS) is 15.5. The van der Waals surface area contributed by atoms with Crippen LogP contribution in [0.4, 0.5) is 11.5 Å². The number of aromatic nitrogens is 1. The van der Waals surface area contributed by atoms with E-state index in [1.807, 2.05) is 44.2 Å². The van der Waals surface area contributed by atoms with Crippen molar-refractivity contribution in [3.63, 3.8) is 0 Å². The predicted molar refractivity (Wildman–Crippen MR) is 114 cm³/mol. The van der Waals surface area contributed by atoms with Crippen LogP contribution in [0.2, 0.25) is 0 Å². The average molecular weight is 367 g/mol. The van der Waals surface area contributed by atoms with Gasteiger partial charge in [0.15, 0.2) is 5.96 Å². The van der Waals surface area contributed by atoms with Crippen molar-refractivity contribution in [3.05, 3.63) is 54.2 Å². The van der Waals surface area contributed by atoms with Gasteiger partial charge >= 0.3 is 0 Å². The van der Waals surface area contributed by atoms with Crippen molar-refractivity contribution in [1.29, 1.82) is 0 Å². The van der Waals surface area contributed by atoms with Gasteiger partial charge in [-0.2, -0.15) is 0 Å². The summed E-state index contributed by atoms with van der Waals surface area (Å²) in [6.45, 7) is 2.78. The summed E-state index contributed by atoms with van der Waals surface area (Å²) < 4.78 is 0. The number of hydrogen-bond acceptors (Lipinski definition) is 4. The zero-order valence-electron chi connectivity index (χ0n) is 16.5. The number of benzene rings is 1. The molecule has 2 aromatic rings. The topological polar surface area (TPSA) is 55.8 Å². The van der Waals surface area contributed by atoms with Gasteiger partial charge in [-0.15, -0.1) is 0 Å². The zero-order chi connectivity index (χ0) is 19.1. The first-order valence-electron chi connectivity index (χ1n) is 9.56. The molecule has 1 aliphatic heterocycles. The molecule has 2 heterocycles. The van der Waals surface area contributed by atoms with Crippen LogP contribution in [0, 0.1) is 0 Å². The van der Waals surface area contributed by atoms with Gasteiger partial charge in [-0.05, 0) is 37.1 Å². The van der Waals surface area contributed by atoms with Gasteiger partial charge in [0, 0.05) is 46.0 Å². The number of nitrogens with one attached hydrogen (secondary N) is 2. The van der Waals surface area contributed by atoms with Crippen LogP contribution in [0.25, 0.3) is 0 Å². The minimum Gasteiger partial charge on any atom is -0.371 e. The molecule has 1 aliphatic rings. The number of rotatable bonds is 5. The van der Waals surface area contributed by atoms with Crippen molar-refractivity contribution >= 4 is 17.5 Å². The minimum absolute atomic E-state index is 0.442. The van der Waals surface area contributed by atoms with Crippen LogP contribution in [0.1, 0.15) is 18.5 Å². The van der Waals surface area contributed by atoms with Crippen LogP contribution in [0.5, 0.6) is 0 Å². The van der Waals surface area contributed by atoms with Crippen LogP contribution >= 0.6 is 0 Å². The SMILES string of the molecule is CN=C(NCc1cccc(N(C)C)n1)NC1CCN(c2ccccc2)CC1. The molecule has 1 fully saturated rings. The highest BCUT2D eigenvalue weighted by atomic mass is 15.2. The fourth-order valence-corrected chi connectivity index (χ4v) is 3.30. The maximum absolute atomic E-state index is 4.64. The Morgan fingerprint density at radius 2 is 1.85 bits per heavy atom. The molecule has 3 rings (SSSR count). The Morgan fingerprint density at radius 3 is 2.52 bits per heavy atom. The lowest BCUT2D eigenvalue weighted by Gasteiger charge is -2.34. The lowest BCUT2D eigenvalue weighted by molar-refractivity contribution is 0.461. The van der Waals surface area contributed by atoms with Gasteiger partial charge in [-0.1, -0.05) is 24.3 Å². The minimum atomic E-state index is 0.442. The number of para-hydroxylation sites is 1. The summed E-state index contributed by atoms with van der Waals surface area (Å²) in [4.78, 5) is 13.5. The number of piperidine rings is 1. The smallest absolute Gasteiger partial charge is 0.191 e. The Bertz CT molecular complexity index is 735. The molecular weight excluding hydrogens is 336 g/mol. The molecule has 0 spiro atoms. The number of guanidine groups is 1. The summed E-state index contributed by atoms with van der Waals surface area (Å²) in [6, 6.07) is 17.2. The van der Waals surface area contributed by atoms with Crippen molar-refractivity contribution in [2.45, 2.75) is 25.4 Å². The fraction of sp³-hybridized carbons (Fsp3) is 0.429. The van der Waals surface area contributed by atoms with Crippen LogP contribution in [0.3, 0.4) is 0 Å². The van der Waals surface area contributed by atoms with Gasteiger partial charge in [0.25, 0.3) is 0 Å². The van der Waals surface area contributed by atoms with Crippen molar-refractivity contribution in [1.82, 2.24) is 15.6 Å². The quantitative estimate of drug-likeness (QED) is 0.629.